The molecule has 1 amide bonds. The minimum absolute atomic E-state index is 0.121. The summed E-state index contributed by atoms with van der Waals surface area (Å²) >= 11 is 0. The minimum atomic E-state index is -0.273. The van der Waals surface area contributed by atoms with Crippen molar-refractivity contribution in [3.8, 4) is 0 Å². The van der Waals surface area contributed by atoms with Gasteiger partial charge in [0.2, 0.25) is 0 Å². The fraction of sp³-hybridized carbons (Fsp3) is 0.550. The van der Waals surface area contributed by atoms with Crippen LogP contribution in [0.15, 0.2) is 30.5 Å². The van der Waals surface area contributed by atoms with Crippen molar-refractivity contribution in [1.82, 2.24) is 20.3 Å². The van der Waals surface area contributed by atoms with Crippen molar-refractivity contribution in [1.29, 1.82) is 0 Å². The standard InChI is InChI=1S/C20H28FN5O/c1-15-8-12-25(13-9-15)11-3-10-22-20(27)19-14-26(24-23-19)16(2)17-4-6-18(21)7-5-17/h4-7,14-16H,3,8-13H2,1-2H3,(H,22,27)/p+1/t16-/m1/s1. The zero-order valence-electron chi connectivity index (χ0n) is 16.1. The molecule has 7 heteroatoms. The first-order valence-electron chi connectivity index (χ1n) is 9.82. The number of carbonyl (C=O) groups is 1. The molecule has 1 aromatic heterocycles. The number of benzene rings is 1. The summed E-state index contributed by atoms with van der Waals surface area (Å²) in [7, 11) is 0. The Kier molecular flexibility index (Phi) is 6.55. The van der Waals surface area contributed by atoms with Gasteiger partial charge in [0, 0.05) is 13.0 Å². The van der Waals surface area contributed by atoms with Crippen LogP contribution in [0.3, 0.4) is 0 Å². The molecule has 3 rings (SSSR count). The summed E-state index contributed by atoms with van der Waals surface area (Å²) in [6.07, 6.45) is 5.21. The van der Waals surface area contributed by atoms with Crippen molar-refractivity contribution in [2.45, 2.75) is 39.2 Å². The molecule has 0 saturated carbocycles. The molecule has 0 aliphatic carbocycles. The summed E-state index contributed by atoms with van der Waals surface area (Å²) in [6, 6.07) is 6.14. The highest BCUT2D eigenvalue weighted by Gasteiger charge is 2.19. The molecule has 2 aromatic rings. The summed E-state index contributed by atoms with van der Waals surface area (Å²) in [4.78, 5) is 13.9. The van der Waals surface area contributed by atoms with E-state index in [2.05, 4.69) is 22.6 Å². The zero-order valence-corrected chi connectivity index (χ0v) is 16.1. The van der Waals surface area contributed by atoms with E-state index in [-0.39, 0.29) is 17.8 Å². The number of nitrogens with zero attached hydrogens (tertiary/aromatic N) is 3. The molecule has 1 aromatic carbocycles. The lowest BCUT2D eigenvalue weighted by atomic mass is 9.99. The third-order valence-corrected chi connectivity index (χ3v) is 5.47. The normalized spacial score (nSPS) is 21.0. The largest absolute Gasteiger partial charge is 0.350 e. The highest BCUT2D eigenvalue weighted by atomic mass is 19.1. The van der Waals surface area contributed by atoms with Crippen LogP contribution in [0.5, 0.6) is 0 Å². The fourth-order valence-corrected chi connectivity index (χ4v) is 3.52. The first kappa shape index (κ1) is 19.5. The van der Waals surface area contributed by atoms with Gasteiger partial charge in [-0.15, -0.1) is 5.10 Å². The van der Waals surface area contributed by atoms with Gasteiger partial charge in [0.25, 0.3) is 5.91 Å². The number of quaternary nitrogens is 1. The average Bonchev–Trinajstić information content (AvgIpc) is 3.17. The molecule has 146 valence electrons. The molecule has 2 N–H and O–H groups in total. The molecule has 2 heterocycles. The number of aromatic nitrogens is 3. The Bertz CT molecular complexity index is 737. The molecule has 1 saturated heterocycles. The van der Waals surface area contributed by atoms with Gasteiger partial charge in [-0.3, -0.25) is 4.79 Å². The third kappa shape index (κ3) is 5.35. The molecule has 0 bridgehead atoms. The van der Waals surface area contributed by atoms with E-state index in [0.29, 0.717) is 12.2 Å². The number of hydrogen-bond donors (Lipinski definition) is 2. The van der Waals surface area contributed by atoms with Crippen molar-refractivity contribution in [3.05, 3.63) is 47.5 Å². The van der Waals surface area contributed by atoms with Crippen LogP contribution in [0, 0.1) is 11.7 Å². The Balaban J connectivity index is 1.44. The molecular formula is C20H29FN5O+. The number of likely N-dealkylation sites (tertiary alicyclic amines) is 1. The second kappa shape index (κ2) is 9.08. The summed E-state index contributed by atoms with van der Waals surface area (Å²) in [6.45, 7) is 8.49. The Morgan fingerprint density at radius 2 is 2.04 bits per heavy atom. The number of carbonyl (C=O) groups excluding carboxylic acids is 1. The van der Waals surface area contributed by atoms with Crippen LogP contribution in [0.1, 0.15) is 55.2 Å². The zero-order chi connectivity index (χ0) is 19.2. The van der Waals surface area contributed by atoms with Gasteiger partial charge in [0.1, 0.15) is 5.82 Å². The summed E-state index contributed by atoms with van der Waals surface area (Å²) in [5, 5.41) is 11.0. The van der Waals surface area contributed by atoms with Gasteiger partial charge in [-0.2, -0.15) is 0 Å². The van der Waals surface area contributed by atoms with E-state index < -0.39 is 0 Å². The fourth-order valence-electron chi connectivity index (χ4n) is 3.52. The first-order valence-corrected chi connectivity index (χ1v) is 9.82. The maximum absolute atomic E-state index is 13.1. The molecule has 0 radical (unpaired) electrons. The second-order valence-electron chi connectivity index (χ2n) is 7.60. The van der Waals surface area contributed by atoms with Gasteiger partial charge in [0.15, 0.2) is 5.69 Å². The maximum atomic E-state index is 13.1. The number of piperidine rings is 1. The van der Waals surface area contributed by atoms with Crippen LogP contribution in [0.2, 0.25) is 0 Å². The third-order valence-electron chi connectivity index (χ3n) is 5.47. The number of rotatable bonds is 7. The lowest BCUT2D eigenvalue weighted by molar-refractivity contribution is -0.906. The van der Waals surface area contributed by atoms with Gasteiger partial charge in [0.05, 0.1) is 31.9 Å². The van der Waals surface area contributed by atoms with Crippen LogP contribution >= 0.6 is 0 Å². The van der Waals surface area contributed by atoms with Crippen LogP contribution in [-0.4, -0.2) is 47.1 Å². The first-order chi connectivity index (χ1) is 13.0. The van der Waals surface area contributed by atoms with Crippen molar-refractivity contribution < 1.29 is 14.1 Å². The monoisotopic (exact) mass is 374 g/mol. The predicted octanol–water partition coefficient (Wildman–Crippen LogP) is 1.46. The second-order valence-corrected chi connectivity index (χ2v) is 7.60. The molecule has 1 fully saturated rings. The molecule has 1 aliphatic rings. The number of hydrogen-bond acceptors (Lipinski definition) is 3. The summed E-state index contributed by atoms with van der Waals surface area (Å²) in [5.41, 5.74) is 1.22. The maximum Gasteiger partial charge on any atom is 0.273 e. The topological polar surface area (TPSA) is 64.2 Å². The van der Waals surface area contributed by atoms with Crippen LogP contribution in [0.4, 0.5) is 4.39 Å². The predicted molar refractivity (Wildman–Crippen MR) is 101 cm³/mol. The number of halogens is 1. The van der Waals surface area contributed by atoms with Crippen molar-refractivity contribution >= 4 is 5.91 Å². The molecule has 1 aliphatic heterocycles. The van der Waals surface area contributed by atoms with Crippen molar-refractivity contribution in [3.63, 3.8) is 0 Å². The van der Waals surface area contributed by atoms with Crippen molar-refractivity contribution in [2.24, 2.45) is 5.92 Å². The van der Waals surface area contributed by atoms with Crippen molar-refractivity contribution in [2.75, 3.05) is 26.2 Å². The average molecular weight is 374 g/mol. The van der Waals surface area contributed by atoms with Crippen LogP contribution < -0.4 is 10.2 Å². The smallest absolute Gasteiger partial charge is 0.273 e. The Morgan fingerprint density at radius 1 is 1.33 bits per heavy atom. The highest BCUT2D eigenvalue weighted by molar-refractivity contribution is 5.91. The summed E-state index contributed by atoms with van der Waals surface area (Å²) in [5.74, 6) is 0.383. The van der Waals surface area contributed by atoms with Gasteiger partial charge in [-0.25, -0.2) is 9.07 Å². The van der Waals surface area contributed by atoms with Gasteiger partial charge < -0.3 is 10.2 Å². The van der Waals surface area contributed by atoms with Gasteiger partial charge >= 0.3 is 0 Å². The SMILES string of the molecule is CC1CC[NH+](CCCNC(=O)c2cn([C@H](C)c3ccc(F)cc3)nn2)CC1. The van der Waals surface area contributed by atoms with E-state index in [9.17, 15) is 9.18 Å². The molecule has 0 unspecified atom stereocenters. The van der Waals surface area contributed by atoms with E-state index in [0.717, 1.165) is 24.4 Å². The highest BCUT2D eigenvalue weighted by Crippen LogP contribution is 2.17. The summed E-state index contributed by atoms with van der Waals surface area (Å²) < 4.78 is 14.7. The lowest BCUT2D eigenvalue weighted by Crippen LogP contribution is -3.13. The van der Waals surface area contributed by atoms with E-state index in [4.69, 9.17) is 0 Å². The molecule has 6 nitrogen and oxygen atoms in total. The molecular weight excluding hydrogens is 345 g/mol. The number of nitrogens with one attached hydrogen (secondary N) is 2. The Labute approximate surface area is 159 Å². The molecule has 0 spiro atoms. The van der Waals surface area contributed by atoms with Crippen LogP contribution in [0.25, 0.3) is 0 Å². The molecule has 27 heavy (non-hydrogen) atoms. The van der Waals surface area contributed by atoms with E-state index in [1.807, 2.05) is 6.92 Å². The number of amides is 1. The lowest BCUT2D eigenvalue weighted by Gasteiger charge is -2.27. The molecule has 1 atom stereocenters. The van der Waals surface area contributed by atoms with E-state index in [1.54, 1.807) is 27.9 Å². The van der Waals surface area contributed by atoms with Crippen LogP contribution in [-0.2, 0) is 0 Å². The quantitative estimate of drug-likeness (QED) is 0.722. The van der Waals surface area contributed by atoms with E-state index >= 15 is 0 Å². The Morgan fingerprint density at radius 3 is 2.74 bits per heavy atom. The van der Waals surface area contributed by atoms with Gasteiger partial charge in [-0.05, 0) is 43.4 Å². The van der Waals surface area contributed by atoms with E-state index in [1.165, 1.54) is 38.1 Å². The van der Waals surface area contributed by atoms with Gasteiger partial charge in [-0.1, -0.05) is 24.3 Å². The minimum Gasteiger partial charge on any atom is -0.350 e. The Hall–Kier alpha value is -2.28.